The fraction of sp³-hybridized carbons (Fsp3) is 0.545. The van der Waals surface area contributed by atoms with Crippen LogP contribution >= 0.6 is 0 Å². The molecule has 0 aliphatic carbocycles. The molecule has 1 unspecified atom stereocenters. The number of aromatic nitrogens is 1. The molecule has 17 heavy (non-hydrogen) atoms. The van der Waals surface area contributed by atoms with Crippen molar-refractivity contribution in [1.29, 1.82) is 0 Å². The number of aromatic amines is 1. The van der Waals surface area contributed by atoms with Crippen molar-refractivity contribution in [3.63, 3.8) is 0 Å². The molecule has 2 heterocycles. The molecule has 4 nitrogen and oxygen atoms in total. The minimum Gasteiger partial charge on any atom is -0.357 e. The number of nitrogens with one attached hydrogen (secondary N) is 2. The Morgan fingerprint density at radius 1 is 1.65 bits per heavy atom. The lowest BCUT2D eigenvalue weighted by Crippen LogP contribution is -2.38. The van der Waals surface area contributed by atoms with E-state index in [1.54, 1.807) is 23.2 Å². The van der Waals surface area contributed by atoms with Gasteiger partial charge >= 0.3 is 0 Å². The molecule has 1 amide bonds. The first-order valence-corrected chi connectivity index (χ1v) is 5.60. The molecular weight excluding hydrogens is 228 g/mol. The van der Waals surface area contributed by atoms with Crippen molar-refractivity contribution in [2.45, 2.75) is 18.9 Å². The Labute approximate surface area is 98.0 Å². The van der Waals surface area contributed by atoms with Gasteiger partial charge < -0.3 is 10.3 Å². The van der Waals surface area contributed by atoms with Crippen molar-refractivity contribution in [3.05, 3.63) is 24.0 Å². The van der Waals surface area contributed by atoms with Crippen LogP contribution in [0.4, 0.5) is 8.78 Å². The lowest BCUT2D eigenvalue weighted by molar-refractivity contribution is 0.0915. The van der Waals surface area contributed by atoms with E-state index in [-0.39, 0.29) is 18.5 Å². The number of hydrogen-bond acceptors (Lipinski definition) is 2. The summed E-state index contributed by atoms with van der Waals surface area (Å²) >= 11 is 0. The van der Waals surface area contributed by atoms with Gasteiger partial charge in [-0.25, -0.2) is 8.78 Å². The minimum atomic E-state index is -2.31. The Kier molecular flexibility index (Phi) is 3.73. The van der Waals surface area contributed by atoms with Gasteiger partial charge in [-0.05, 0) is 18.6 Å². The van der Waals surface area contributed by atoms with Gasteiger partial charge in [0, 0.05) is 25.3 Å². The van der Waals surface area contributed by atoms with Crippen LogP contribution in [0.3, 0.4) is 0 Å². The summed E-state index contributed by atoms with van der Waals surface area (Å²) in [7, 11) is 0. The highest BCUT2D eigenvalue weighted by Crippen LogP contribution is 2.11. The number of halogens is 2. The van der Waals surface area contributed by atoms with Crippen molar-refractivity contribution < 1.29 is 13.6 Å². The lowest BCUT2D eigenvalue weighted by Gasteiger charge is -2.15. The Hall–Kier alpha value is -1.43. The third-order valence-corrected chi connectivity index (χ3v) is 2.85. The van der Waals surface area contributed by atoms with E-state index in [0.717, 1.165) is 6.42 Å². The van der Waals surface area contributed by atoms with Crippen LogP contribution in [0, 0.1) is 0 Å². The van der Waals surface area contributed by atoms with Crippen molar-refractivity contribution in [1.82, 2.24) is 15.2 Å². The molecule has 0 bridgehead atoms. The Morgan fingerprint density at radius 2 is 2.47 bits per heavy atom. The number of nitrogens with zero attached hydrogens (tertiary/aromatic N) is 1. The monoisotopic (exact) mass is 243 g/mol. The maximum atomic E-state index is 12.2. The SMILES string of the molecule is O=C(NC1CCN(CC(F)F)C1)c1ccc[nH]1. The van der Waals surface area contributed by atoms with E-state index in [1.807, 2.05) is 0 Å². The second-order valence-electron chi connectivity index (χ2n) is 4.19. The van der Waals surface area contributed by atoms with Gasteiger partial charge in [0.1, 0.15) is 5.69 Å². The van der Waals surface area contributed by atoms with Crippen molar-refractivity contribution in [2.24, 2.45) is 0 Å². The molecule has 2 N–H and O–H groups in total. The summed E-state index contributed by atoms with van der Waals surface area (Å²) in [6.07, 6.45) is 0.0825. The maximum absolute atomic E-state index is 12.2. The van der Waals surface area contributed by atoms with Crippen LogP contribution < -0.4 is 5.32 Å². The fourth-order valence-electron chi connectivity index (χ4n) is 2.05. The molecule has 1 saturated heterocycles. The summed E-state index contributed by atoms with van der Waals surface area (Å²) in [6.45, 7) is 0.895. The highest BCUT2D eigenvalue weighted by Gasteiger charge is 2.25. The molecule has 1 fully saturated rings. The van der Waals surface area contributed by atoms with E-state index in [1.165, 1.54) is 0 Å². The van der Waals surface area contributed by atoms with Crippen LogP contribution in [0.1, 0.15) is 16.9 Å². The summed E-state index contributed by atoms with van der Waals surface area (Å²) in [5.74, 6) is -0.182. The van der Waals surface area contributed by atoms with Crippen molar-refractivity contribution >= 4 is 5.91 Å². The lowest BCUT2D eigenvalue weighted by atomic mass is 10.2. The number of amides is 1. The normalized spacial score (nSPS) is 21.0. The van der Waals surface area contributed by atoms with Crippen LogP contribution in [0.15, 0.2) is 18.3 Å². The van der Waals surface area contributed by atoms with Gasteiger partial charge in [-0.1, -0.05) is 0 Å². The van der Waals surface area contributed by atoms with E-state index >= 15 is 0 Å². The van der Waals surface area contributed by atoms with E-state index in [2.05, 4.69) is 10.3 Å². The third-order valence-electron chi connectivity index (χ3n) is 2.85. The van der Waals surface area contributed by atoms with Gasteiger partial charge in [0.2, 0.25) is 0 Å². The fourth-order valence-corrected chi connectivity index (χ4v) is 2.05. The predicted octanol–water partition coefficient (Wildman–Crippen LogP) is 1.08. The average Bonchev–Trinajstić information content (AvgIpc) is 2.87. The van der Waals surface area contributed by atoms with Gasteiger partial charge in [0.15, 0.2) is 0 Å². The smallest absolute Gasteiger partial charge is 0.267 e. The molecule has 0 radical (unpaired) electrons. The minimum absolute atomic E-state index is 0.0375. The number of rotatable bonds is 4. The molecule has 1 aliphatic rings. The zero-order valence-corrected chi connectivity index (χ0v) is 9.33. The molecule has 94 valence electrons. The highest BCUT2D eigenvalue weighted by atomic mass is 19.3. The zero-order valence-electron chi connectivity index (χ0n) is 9.33. The van der Waals surface area contributed by atoms with Gasteiger partial charge in [-0.2, -0.15) is 0 Å². The molecule has 0 saturated carbocycles. The van der Waals surface area contributed by atoms with Crippen LogP contribution in [0.2, 0.25) is 0 Å². The second-order valence-corrected chi connectivity index (χ2v) is 4.19. The number of carbonyl (C=O) groups is 1. The number of carbonyl (C=O) groups excluding carboxylic acids is 1. The predicted molar refractivity (Wildman–Crippen MR) is 59.1 cm³/mol. The Morgan fingerprint density at radius 3 is 3.12 bits per heavy atom. The summed E-state index contributed by atoms with van der Waals surface area (Å²) in [6, 6.07) is 3.39. The van der Waals surface area contributed by atoms with Gasteiger partial charge in [0.25, 0.3) is 12.3 Å². The number of H-pyrrole nitrogens is 1. The maximum Gasteiger partial charge on any atom is 0.267 e. The summed E-state index contributed by atoms with van der Waals surface area (Å²) in [5, 5.41) is 2.83. The van der Waals surface area contributed by atoms with E-state index < -0.39 is 6.43 Å². The Bertz CT molecular complexity index is 367. The molecule has 0 aromatic carbocycles. The molecule has 2 rings (SSSR count). The zero-order chi connectivity index (χ0) is 12.3. The number of hydrogen-bond donors (Lipinski definition) is 2. The highest BCUT2D eigenvalue weighted by molar-refractivity contribution is 5.92. The topological polar surface area (TPSA) is 48.1 Å². The van der Waals surface area contributed by atoms with E-state index in [4.69, 9.17) is 0 Å². The molecule has 1 aromatic rings. The van der Waals surface area contributed by atoms with Gasteiger partial charge in [0.05, 0.1) is 6.54 Å². The number of alkyl halides is 2. The largest absolute Gasteiger partial charge is 0.357 e. The molecular formula is C11H15F2N3O. The molecule has 0 spiro atoms. The second kappa shape index (κ2) is 5.27. The summed E-state index contributed by atoms with van der Waals surface area (Å²) in [5.41, 5.74) is 0.498. The first-order chi connectivity index (χ1) is 8.15. The van der Waals surface area contributed by atoms with Crippen molar-refractivity contribution in [3.8, 4) is 0 Å². The van der Waals surface area contributed by atoms with Crippen LogP contribution in [0.25, 0.3) is 0 Å². The standard InChI is InChI=1S/C11H15F2N3O/c12-10(13)7-16-5-3-8(6-16)15-11(17)9-2-1-4-14-9/h1-2,4,8,10,14H,3,5-7H2,(H,15,17). The van der Waals surface area contributed by atoms with Crippen LogP contribution in [-0.2, 0) is 0 Å². The van der Waals surface area contributed by atoms with Crippen LogP contribution in [-0.4, -0.2) is 47.9 Å². The van der Waals surface area contributed by atoms with Crippen LogP contribution in [0.5, 0.6) is 0 Å². The molecule has 1 atom stereocenters. The third kappa shape index (κ3) is 3.26. The van der Waals surface area contributed by atoms with E-state index in [0.29, 0.717) is 18.8 Å². The number of likely N-dealkylation sites (tertiary alicyclic amines) is 1. The summed E-state index contributed by atoms with van der Waals surface area (Å²) in [4.78, 5) is 16.2. The quantitative estimate of drug-likeness (QED) is 0.831. The first-order valence-electron chi connectivity index (χ1n) is 5.60. The van der Waals surface area contributed by atoms with E-state index in [9.17, 15) is 13.6 Å². The average molecular weight is 243 g/mol. The molecule has 1 aliphatic heterocycles. The van der Waals surface area contributed by atoms with Crippen molar-refractivity contribution in [2.75, 3.05) is 19.6 Å². The Balaban J connectivity index is 1.80. The van der Waals surface area contributed by atoms with Gasteiger partial charge in [-0.15, -0.1) is 0 Å². The summed E-state index contributed by atoms with van der Waals surface area (Å²) < 4.78 is 24.3. The first kappa shape index (κ1) is 12.0. The molecule has 1 aromatic heterocycles. The molecule has 6 heteroatoms. The van der Waals surface area contributed by atoms with Gasteiger partial charge in [-0.3, -0.25) is 9.69 Å².